The first-order valence-electron chi connectivity index (χ1n) is 2.86. The monoisotopic (exact) mass is 164 g/mol. The second kappa shape index (κ2) is 1.72. The van der Waals surface area contributed by atoms with Gasteiger partial charge in [0.15, 0.2) is 14.6 Å². The van der Waals surface area contributed by atoms with Crippen molar-refractivity contribution in [1.29, 1.82) is 0 Å². The van der Waals surface area contributed by atoms with Gasteiger partial charge in [0.1, 0.15) is 0 Å². The van der Waals surface area contributed by atoms with E-state index in [0.29, 0.717) is 0 Å². The maximum Gasteiger partial charge on any atom is 0.324 e. The van der Waals surface area contributed by atoms with Crippen LogP contribution in [-0.4, -0.2) is 30.0 Å². The molecule has 1 aliphatic heterocycles. The Balaban J connectivity index is 3.04. The minimum Gasteiger partial charge on any atom is -0.480 e. The normalized spacial score (nSPS) is 36.5. The predicted molar refractivity (Wildman–Crippen MR) is 34.4 cm³/mol. The number of sulfone groups is 1. The van der Waals surface area contributed by atoms with Crippen molar-refractivity contribution in [2.75, 3.05) is 5.75 Å². The average molecular weight is 164 g/mol. The summed E-state index contributed by atoms with van der Waals surface area (Å²) in [6.45, 7) is 1.24. The van der Waals surface area contributed by atoms with Gasteiger partial charge >= 0.3 is 5.97 Å². The molecule has 1 atom stereocenters. The molecule has 1 heterocycles. The summed E-state index contributed by atoms with van der Waals surface area (Å²) in [5, 5.41) is 8.45. The largest absolute Gasteiger partial charge is 0.480 e. The van der Waals surface area contributed by atoms with E-state index in [1.807, 2.05) is 0 Å². The van der Waals surface area contributed by atoms with Crippen LogP contribution < -0.4 is 0 Å². The van der Waals surface area contributed by atoms with Crippen LogP contribution in [-0.2, 0) is 14.6 Å². The third-order valence-electron chi connectivity index (χ3n) is 1.99. The fraction of sp³-hybridized carbons (Fsp3) is 0.800. The Hall–Kier alpha value is -0.580. The molecule has 0 aromatic heterocycles. The molecule has 0 radical (unpaired) electrons. The van der Waals surface area contributed by atoms with Crippen LogP contribution in [0.25, 0.3) is 0 Å². The highest BCUT2D eigenvalue weighted by atomic mass is 32.2. The lowest BCUT2D eigenvalue weighted by Gasteiger charge is -2.32. The van der Waals surface area contributed by atoms with E-state index in [0.717, 1.165) is 0 Å². The molecule has 58 valence electrons. The SMILES string of the molecule is CC1(C(=O)O)CCS1(=O)=O. The van der Waals surface area contributed by atoms with Gasteiger partial charge in [0.2, 0.25) is 0 Å². The van der Waals surface area contributed by atoms with Crippen molar-refractivity contribution < 1.29 is 18.3 Å². The number of hydrogen-bond acceptors (Lipinski definition) is 3. The van der Waals surface area contributed by atoms with Gasteiger partial charge in [0.05, 0.1) is 5.75 Å². The van der Waals surface area contributed by atoms with Gasteiger partial charge in [-0.3, -0.25) is 4.79 Å². The Labute approximate surface area is 58.8 Å². The van der Waals surface area contributed by atoms with Crippen LogP contribution in [0.4, 0.5) is 0 Å². The Bertz CT molecular complexity index is 265. The fourth-order valence-corrected chi connectivity index (χ4v) is 2.23. The molecule has 0 saturated carbocycles. The van der Waals surface area contributed by atoms with Gasteiger partial charge < -0.3 is 5.11 Å². The topological polar surface area (TPSA) is 71.4 Å². The van der Waals surface area contributed by atoms with Crippen LogP contribution >= 0.6 is 0 Å². The second-order valence-corrected chi connectivity index (χ2v) is 5.14. The zero-order valence-electron chi connectivity index (χ0n) is 5.49. The van der Waals surface area contributed by atoms with Crippen molar-refractivity contribution in [1.82, 2.24) is 0 Å². The van der Waals surface area contributed by atoms with E-state index in [2.05, 4.69) is 0 Å². The summed E-state index contributed by atoms with van der Waals surface area (Å²) in [5.41, 5.74) is 0. The van der Waals surface area contributed by atoms with Crippen LogP contribution in [0.15, 0.2) is 0 Å². The molecule has 0 spiro atoms. The van der Waals surface area contributed by atoms with Crippen LogP contribution in [0, 0.1) is 0 Å². The molecule has 0 bridgehead atoms. The zero-order valence-corrected chi connectivity index (χ0v) is 6.31. The molecule has 0 aliphatic carbocycles. The van der Waals surface area contributed by atoms with Gasteiger partial charge in [0, 0.05) is 0 Å². The van der Waals surface area contributed by atoms with Gasteiger partial charge in [-0.2, -0.15) is 0 Å². The molecule has 1 aliphatic rings. The van der Waals surface area contributed by atoms with Gasteiger partial charge in [-0.05, 0) is 13.3 Å². The first kappa shape index (κ1) is 7.53. The minimum atomic E-state index is -3.32. The van der Waals surface area contributed by atoms with Gasteiger partial charge in [-0.1, -0.05) is 0 Å². The number of hydrogen-bond donors (Lipinski definition) is 1. The Morgan fingerprint density at radius 1 is 1.60 bits per heavy atom. The summed E-state index contributed by atoms with van der Waals surface area (Å²) in [6, 6.07) is 0. The number of rotatable bonds is 1. The van der Waals surface area contributed by atoms with Crippen molar-refractivity contribution in [3.05, 3.63) is 0 Å². The molecular weight excluding hydrogens is 156 g/mol. The van der Waals surface area contributed by atoms with Crippen LogP contribution in [0.2, 0.25) is 0 Å². The van der Waals surface area contributed by atoms with Crippen molar-refractivity contribution in [2.45, 2.75) is 18.1 Å². The molecule has 1 rings (SSSR count). The second-order valence-electron chi connectivity index (χ2n) is 2.60. The van der Waals surface area contributed by atoms with Crippen LogP contribution in [0.1, 0.15) is 13.3 Å². The van der Waals surface area contributed by atoms with Crippen molar-refractivity contribution in [3.63, 3.8) is 0 Å². The van der Waals surface area contributed by atoms with E-state index in [1.165, 1.54) is 6.92 Å². The highest BCUT2D eigenvalue weighted by molar-refractivity contribution is 7.95. The van der Waals surface area contributed by atoms with Gasteiger partial charge in [-0.25, -0.2) is 8.42 Å². The Morgan fingerprint density at radius 3 is 2.10 bits per heavy atom. The lowest BCUT2D eigenvalue weighted by Crippen LogP contribution is -2.54. The van der Waals surface area contributed by atoms with E-state index >= 15 is 0 Å². The standard InChI is InChI=1S/C5H8O4S/c1-5(4(6)7)2-3-10(5,8)9/h2-3H2,1H3,(H,6,7). The third kappa shape index (κ3) is 0.667. The molecule has 10 heavy (non-hydrogen) atoms. The lowest BCUT2D eigenvalue weighted by atomic mass is 10.1. The molecule has 1 unspecified atom stereocenters. The number of carbonyl (C=O) groups is 1. The van der Waals surface area contributed by atoms with Crippen molar-refractivity contribution in [2.24, 2.45) is 0 Å². The maximum atomic E-state index is 10.8. The molecular formula is C5H8O4S. The Morgan fingerprint density at radius 2 is 2.10 bits per heavy atom. The first-order valence-corrected chi connectivity index (χ1v) is 4.51. The summed E-state index contributed by atoms with van der Waals surface area (Å²) in [6.07, 6.45) is 0.241. The molecule has 1 N–H and O–H groups in total. The van der Waals surface area contributed by atoms with Crippen LogP contribution in [0.5, 0.6) is 0 Å². The van der Waals surface area contributed by atoms with Gasteiger partial charge in [-0.15, -0.1) is 0 Å². The fourth-order valence-electron chi connectivity index (χ4n) is 0.815. The van der Waals surface area contributed by atoms with Gasteiger partial charge in [0.25, 0.3) is 0 Å². The highest BCUT2D eigenvalue weighted by Gasteiger charge is 2.54. The molecule has 4 nitrogen and oxygen atoms in total. The highest BCUT2D eigenvalue weighted by Crippen LogP contribution is 2.33. The summed E-state index contributed by atoms with van der Waals surface area (Å²) in [5.74, 6) is -1.23. The Kier molecular flexibility index (Phi) is 1.29. The van der Waals surface area contributed by atoms with E-state index in [9.17, 15) is 13.2 Å². The quantitative estimate of drug-likeness (QED) is 0.575. The predicted octanol–water partition coefficient (Wildman–Crippen LogP) is -0.352. The summed E-state index contributed by atoms with van der Waals surface area (Å²) >= 11 is 0. The summed E-state index contributed by atoms with van der Waals surface area (Å²) in [4.78, 5) is 10.3. The number of carboxylic acids is 1. The summed E-state index contributed by atoms with van der Waals surface area (Å²) in [7, 11) is -3.32. The molecule has 1 fully saturated rings. The van der Waals surface area contributed by atoms with E-state index in [-0.39, 0.29) is 12.2 Å². The third-order valence-corrected chi connectivity index (χ3v) is 4.48. The number of aliphatic carboxylic acids is 1. The average Bonchev–Trinajstić information content (AvgIpc) is 1.83. The molecule has 5 heteroatoms. The van der Waals surface area contributed by atoms with E-state index < -0.39 is 20.6 Å². The number of carboxylic acid groups (broad SMARTS) is 1. The molecule has 1 saturated heterocycles. The van der Waals surface area contributed by atoms with E-state index in [4.69, 9.17) is 5.11 Å². The maximum absolute atomic E-state index is 10.8. The minimum absolute atomic E-state index is 0.00972. The molecule has 0 aromatic carbocycles. The zero-order chi connectivity index (χ0) is 7.99. The molecule has 0 amide bonds. The first-order chi connectivity index (χ1) is 4.40. The summed E-state index contributed by atoms with van der Waals surface area (Å²) < 4.78 is 20.1. The van der Waals surface area contributed by atoms with Crippen LogP contribution in [0.3, 0.4) is 0 Å². The van der Waals surface area contributed by atoms with E-state index in [1.54, 1.807) is 0 Å². The molecule has 0 aromatic rings. The lowest BCUT2D eigenvalue weighted by molar-refractivity contribution is -0.140. The smallest absolute Gasteiger partial charge is 0.324 e. The van der Waals surface area contributed by atoms with Crippen molar-refractivity contribution >= 4 is 15.8 Å². The van der Waals surface area contributed by atoms with Crippen molar-refractivity contribution in [3.8, 4) is 0 Å².